The molecule has 1 amide bonds. The third kappa shape index (κ3) is 4.23. The molecule has 1 atom stereocenters. The predicted octanol–water partition coefficient (Wildman–Crippen LogP) is 3.66. The molecule has 1 unspecified atom stereocenters. The lowest BCUT2D eigenvalue weighted by molar-refractivity contribution is -0.146. The number of fused-ring (bicyclic) bond motifs is 1. The molecule has 2 aromatic rings. The second-order valence-corrected chi connectivity index (χ2v) is 7.25. The molecule has 130 valence electrons. The van der Waals surface area contributed by atoms with Crippen LogP contribution in [0.15, 0.2) is 29.3 Å². The van der Waals surface area contributed by atoms with Crippen LogP contribution < -0.4 is 4.80 Å². The maximum atomic E-state index is 12.2. The topological polar surface area (TPSA) is 69.9 Å². The number of nitrogens with zero attached hydrogens (tertiary/aromatic N) is 2. The molecule has 2 rings (SSSR count). The average Bonchev–Trinajstić information content (AvgIpc) is 2.82. The lowest BCUT2D eigenvalue weighted by Gasteiger charge is -2.17. The molecule has 0 aliphatic rings. The molecule has 0 fully saturated rings. The minimum atomic E-state index is -0.682. The molecule has 24 heavy (non-hydrogen) atoms. The van der Waals surface area contributed by atoms with Gasteiger partial charge >= 0.3 is 12.1 Å². The second-order valence-electron chi connectivity index (χ2n) is 6.24. The maximum absolute atomic E-state index is 12.2. The minimum Gasteiger partial charge on any atom is -0.464 e. The largest absolute Gasteiger partial charge is 0.464 e. The molecular formula is C17H22N2O4S. The van der Waals surface area contributed by atoms with Crippen molar-refractivity contribution in [2.75, 3.05) is 6.61 Å². The zero-order valence-electron chi connectivity index (χ0n) is 14.5. The van der Waals surface area contributed by atoms with E-state index in [0.29, 0.717) is 11.4 Å². The molecule has 0 aliphatic heterocycles. The van der Waals surface area contributed by atoms with E-state index >= 15 is 0 Å². The second kappa shape index (κ2) is 7.17. The van der Waals surface area contributed by atoms with Crippen LogP contribution in [0.1, 0.15) is 40.7 Å². The number of para-hydroxylation sites is 1. The van der Waals surface area contributed by atoms with Crippen molar-refractivity contribution in [1.29, 1.82) is 0 Å². The van der Waals surface area contributed by atoms with Crippen molar-refractivity contribution in [3.63, 3.8) is 0 Å². The molecule has 0 aliphatic carbocycles. The van der Waals surface area contributed by atoms with Gasteiger partial charge in [-0.15, -0.1) is 4.99 Å². The van der Waals surface area contributed by atoms with Gasteiger partial charge in [-0.1, -0.05) is 23.5 Å². The van der Waals surface area contributed by atoms with E-state index < -0.39 is 17.7 Å². The summed E-state index contributed by atoms with van der Waals surface area (Å²) in [5.41, 5.74) is 0.194. The van der Waals surface area contributed by atoms with Crippen LogP contribution in [0.5, 0.6) is 0 Å². The van der Waals surface area contributed by atoms with E-state index in [-0.39, 0.29) is 5.97 Å². The van der Waals surface area contributed by atoms with Gasteiger partial charge in [-0.05, 0) is 46.8 Å². The van der Waals surface area contributed by atoms with Crippen molar-refractivity contribution in [3.8, 4) is 0 Å². The molecule has 1 aromatic heterocycles. The van der Waals surface area contributed by atoms with Crippen molar-refractivity contribution in [3.05, 3.63) is 29.1 Å². The number of esters is 1. The number of hydrogen-bond donors (Lipinski definition) is 0. The summed E-state index contributed by atoms with van der Waals surface area (Å²) in [5, 5.41) is 0. The summed E-state index contributed by atoms with van der Waals surface area (Å²) in [5.74, 6) is -0.369. The summed E-state index contributed by atoms with van der Waals surface area (Å²) in [7, 11) is 0. The Bertz CT molecular complexity index is 814. The Balaban J connectivity index is 2.55. The molecule has 1 heterocycles. The summed E-state index contributed by atoms with van der Waals surface area (Å²) in [6.07, 6.45) is -0.682. The molecule has 0 saturated heterocycles. The van der Waals surface area contributed by atoms with Gasteiger partial charge in [0.25, 0.3) is 0 Å². The van der Waals surface area contributed by atoms with E-state index in [0.717, 1.165) is 10.2 Å². The molecule has 6 nitrogen and oxygen atoms in total. The van der Waals surface area contributed by atoms with Crippen LogP contribution in [0.3, 0.4) is 0 Å². The van der Waals surface area contributed by atoms with Crippen molar-refractivity contribution in [2.45, 2.75) is 46.3 Å². The quantitative estimate of drug-likeness (QED) is 0.792. The Morgan fingerprint density at radius 3 is 2.58 bits per heavy atom. The highest BCUT2D eigenvalue weighted by Crippen LogP contribution is 2.21. The van der Waals surface area contributed by atoms with Crippen molar-refractivity contribution in [1.82, 2.24) is 4.57 Å². The van der Waals surface area contributed by atoms with Gasteiger partial charge in [-0.2, -0.15) is 0 Å². The van der Waals surface area contributed by atoms with Gasteiger partial charge in [0, 0.05) is 0 Å². The number of hydrogen-bond acceptors (Lipinski definition) is 5. The minimum absolute atomic E-state index is 0.296. The molecule has 0 radical (unpaired) electrons. The van der Waals surface area contributed by atoms with Gasteiger partial charge in [-0.3, -0.25) is 0 Å². The fourth-order valence-electron chi connectivity index (χ4n) is 2.18. The summed E-state index contributed by atoms with van der Waals surface area (Å²) >= 11 is 1.33. The zero-order chi connectivity index (χ0) is 17.9. The normalized spacial score (nSPS) is 13.8. The van der Waals surface area contributed by atoms with Gasteiger partial charge in [0.1, 0.15) is 11.6 Å². The summed E-state index contributed by atoms with van der Waals surface area (Å²) in [6.45, 7) is 9.12. The third-order valence-electron chi connectivity index (χ3n) is 3.13. The molecule has 1 aromatic carbocycles. The molecular weight excluding hydrogens is 328 g/mol. The lowest BCUT2D eigenvalue weighted by atomic mass is 10.2. The van der Waals surface area contributed by atoms with Gasteiger partial charge in [0.15, 0.2) is 4.80 Å². The van der Waals surface area contributed by atoms with Crippen LogP contribution in [-0.2, 0) is 14.3 Å². The van der Waals surface area contributed by atoms with Crippen LogP contribution >= 0.6 is 11.3 Å². The van der Waals surface area contributed by atoms with Crippen LogP contribution in [-0.4, -0.2) is 28.8 Å². The highest BCUT2D eigenvalue weighted by Gasteiger charge is 2.22. The van der Waals surface area contributed by atoms with Gasteiger partial charge in [0.05, 0.1) is 16.8 Å². The van der Waals surface area contributed by atoms with Gasteiger partial charge in [-0.25, -0.2) is 9.59 Å². The van der Waals surface area contributed by atoms with Crippen molar-refractivity contribution < 1.29 is 19.1 Å². The SMILES string of the molecule is CCOC(=O)C(C)n1/c(=N/C(=O)OC(C)(C)C)sc2ccccc21. The summed E-state index contributed by atoms with van der Waals surface area (Å²) in [4.78, 5) is 28.7. The molecule has 0 N–H and O–H groups in total. The first-order chi connectivity index (χ1) is 11.2. The van der Waals surface area contributed by atoms with Crippen LogP contribution in [0.2, 0.25) is 0 Å². The molecule has 0 spiro atoms. The Labute approximate surface area is 144 Å². The van der Waals surface area contributed by atoms with E-state index in [4.69, 9.17) is 9.47 Å². The van der Waals surface area contributed by atoms with E-state index in [2.05, 4.69) is 4.99 Å². The Kier molecular flexibility index (Phi) is 5.43. The highest BCUT2D eigenvalue weighted by atomic mass is 32.1. The standard InChI is InChI=1S/C17H22N2O4S/c1-6-22-14(20)11(2)19-12-9-7-8-10-13(12)24-15(19)18-16(21)23-17(3,4)5/h7-11H,6H2,1-5H3/b18-15-. The third-order valence-corrected chi connectivity index (χ3v) is 4.16. The molecule has 0 bridgehead atoms. The van der Waals surface area contributed by atoms with E-state index in [1.54, 1.807) is 39.2 Å². The number of amides is 1. The van der Waals surface area contributed by atoms with E-state index in [1.165, 1.54) is 11.3 Å². The van der Waals surface area contributed by atoms with E-state index in [1.807, 2.05) is 24.3 Å². The Morgan fingerprint density at radius 2 is 1.96 bits per heavy atom. The highest BCUT2D eigenvalue weighted by molar-refractivity contribution is 7.16. The van der Waals surface area contributed by atoms with E-state index in [9.17, 15) is 9.59 Å². The number of carbonyl (C=O) groups is 2. The number of ether oxygens (including phenoxy) is 2. The van der Waals surface area contributed by atoms with Gasteiger partial charge < -0.3 is 14.0 Å². The zero-order valence-corrected chi connectivity index (χ0v) is 15.3. The number of carbonyl (C=O) groups excluding carboxylic acids is 2. The van der Waals surface area contributed by atoms with Crippen LogP contribution in [0.25, 0.3) is 10.2 Å². The average molecular weight is 350 g/mol. The monoisotopic (exact) mass is 350 g/mol. The Hall–Kier alpha value is -2.15. The molecule has 0 saturated carbocycles. The number of benzene rings is 1. The first-order valence-electron chi connectivity index (χ1n) is 7.77. The fraction of sp³-hybridized carbons (Fsp3) is 0.471. The molecule has 7 heteroatoms. The van der Waals surface area contributed by atoms with Crippen molar-refractivity contribution >= 4 is 33.6 Å². The summed E-state index contributed by atoms with van der Waals surface area (Å²) in [6, 6.07) is 6.98. The Morgan fingerprint density at radius 1 is 1.29 bits per heavy atom. The first-order valence-corrected chi connectivity index (χ1v) is 8.59. The smallest absolute Gasteiger partial charge is 0.436 e. The number of thiazole rings is 1. The van der Waals surface area contributed by atoms with Crippen molar-refractivity contribution in [2.24, 2.45) is 4.99 Å². The predicted molar refractivity (Wildman–Crippen MR) is 93.0 cm³/mol. The maximum Gasteiger partial charge on any atom is 0.436 e. The van der Waals surface area contributed by atoms with Gasteiger partial charge in [0.2, 0.25) is 0 Å². The van der Waals surface area contributed by atoms with Crippen LogP contribution in [0, 0.1) is 0 Å². The number of rotatable bonds is 3. The number of aromatic nitrogens is 1. The first kappa shape index (κ1) is 18.2. The summed E-state index contributed by atoms with van der Waals surface area (Å²) < 4.78 is 13.0. The lowest BCUT2D eigenvalue weighted by Crippen LogP contribution is -2.28. The fourth-order valence-corrected chi connectivity index (χ4v) is 3.26. The van der Waals surface area contributed by atoms with Crippen LogP contribution in [0.4, 0.5) is 4.79 Å².